The Hall–Kier alpha value is -2.53. The molecule has 358 valence electrons. The molecule has 0 aromatic carbocycles. The summed E-state index contributed by atoms with van der Waals surface area (Å²) in [5.41, 5.74) is -3.17. The molecule has 0 aromatic heterocycles. The van der Waals surface area contributed by atoms with Crippen molar-refractivity contribution >= 4 is 29.5 Å². The van der Waals surface area contributed by atoms with Gasteiger partial charge in [-0.25, -0.2) is 0 Å². The van der Waals surface area contributed by atoms with E-state index in [1.165, 1.54) is 104 Å². The molecular weight excluding hydrogens is 773 g/mol. The maximum Gasteiger partial charge on any atom is 0.311 e. The van der Waals surface area contributed by atoms with Crippen molar-refractivity contribution in [3.63, 3.8) is 0 Å². The Bertz CT molecular complexity index is 1200. The van der Waals surface area contributed by atoms with Crippen LogP contribution in [0.4, 0.5) is 0 Å². The van der Waals surface area contributed by atoms with E-state index in [0.29, 0.717) is 13.0 Å². The lowest BCUT2D eigenvalue weighted by Gasteiger charge is -2.37. The van der Waals surface area contributed by atoms with Crippen LogP contribution >= 0.6 is 0 Å². The van der Waals surface area contributed by atoms with Gasteiger partial charge in [-0.05, 0) is 86.5 Å². The van der Waals surface area contributed by atoms with E-state index in [-0.39, 0.29) is 75.8 Å². The van der Waals surface area contributed by atoms with E-state index in [2.05, 4.69) is 17.6 Å². The first-order valence-corrected chi connectivity index (χ1v) is 24.4. The summed E-state index contributed by atoms with van der Waals surface area (Å²) >= 11 is 0. The highest BCUT2D eigenvalue weighted by Gasteiger charge is 2.47. The zero-order valence-corrected chi connectivity index (χ0v) is 41.2. The van der Waals surface area contributed by atoms with Crippen LogP contribution in [0.1, 0.15) is 217 Å². The number of methoxy groups -OCH3 is 1. The number of carbonyl (C=O) groups excluding carboxylic acids is 5. The number of esters is 2. The molecule has 11 heteroatoms. The van der Waals surface area contributed by atoms with Gasteiger partial charge in [0, 0.05) is 43.6 Å². The quantitative estimate of drug-likeness (QED) is 0.0454. The average Bonchev–Trinajstić information content (AvgIpc) is 3.19. The van der Waals surface area contributed by atoms with Crippen LogP contribution in [-0.4, -0.2) is 81.3 Å². The lowest BCUT2D eigenvalue weighted by Crippen LogP contribution is -2.49. The monoisotopic (exact) mass is 867 g/mol. The number of Topliss-reactive ketones (excluding diaryl/α,β-unsaturated/α-hetero) is 1. The highest BCUT2D eigenvalue weighted by Crippen LogP contribution is 2.42. The van der Waals surface area contributed by atoms with Crippen molar-refractivity contribution in [3.8, 4) is 0 Å². The molecule has 0 aliphatic heterocycles. The topological polar surface area (TPSA) is 146 Å². The van der Waals surface area contributed by atoms with E-state index in [1.807, 2.05) is 34.6 Å². The number of unbranched alkanes of at least 4 members (excludes halogenated alkanes) is 15. The number of rotatable bonds is 40. The maximum atomic E-state index is 14.2. The average molecular weight is 867 g/mol. The highest BCUT2D eigenvalue weighted by atomic mass is 16.6. The van der Waals surface area contributed by atoms with Gasteiger partial charge >= 0.3 is 11.9 Å². The maximum absolute atomic E-state index is 14.2. The molecule has 0 bridgehead atoms. The fraction of sp³-hybridized carbons (Fsp3) is 0.900. The Morgan fingerprint density at radius 1 is 0.557 bits per heavy atom. The van der Waals surface area contributed by atoms with E-state index in [1.54, 1.807) is 20.8 Å². The molecule has 61 heavy (non-hydrogen) atoms. The Morgan fingerprint density at radius 3 is 1.52 bits per heavy atom. The molecule has 2 amide bonds. The summed E-state index contributed by atoms with van der Waals surface area (Å²) in [5, 5.41) is 6.17. The van der Waals surface area contributed by atoms with Crippen LogP contribution in [0, 0.1) is 22.7 Å². The third kappa shape index (κ3) is 28.0. The highest BCUT2D eigenvalue weighted by molar-refractivity contribution is 5.85. The van der Waals surface area contributed by atoms with Crippen molar-refractivity contribution in [1.29, 1.82) is 0 Å². The second kappa shape index (κ2) is 34.0. The van der Waals surface area contributed by atoms with E-state index >= 15 is 0 Å². The van der Waals surface area contributed by atoms with E-state index in [9.17, 15) is 24.0 Å². The predicted octanol–water partition coefficient (Wildman–Crippen LogP) is 11.0. The summed E-state index contributed by atoms with van der Waals surface area (Å²) in [6.07, 6.45) is 23.2. The summed E-state index contributed by atoms with van der Waals surface area (Å²) in [6.45, 7) is 19.7. The summed E-state index contributed by atoms with van der Waals surface area (Å²) in [5.74, 6) is -2.86. The Balaban J connectivity index is 5.54. The first-order valence-electron chi connectivity index (χ1n) is 24.4. The number of amides is 2. The lowest BCUT2D eigenvalue weighted by molar-refractivity contribution is -0.165. The van der Waals surface area contributed by atoms with Gasteiger partial charge in [-0.15, -0.1) is 0 Å². The third-order valence-corrected chi connectivity index (χ3v) is 12.0. The SMILES string of the molecule is CCCCCCCCCCCCCCCCCCOCCOC(=O)C(C)(CC(CC(CC)C(=O)NC(C)(C)CC(C)=O)C(=O)NC(CC)CC)CC(C)(C)C(=O)OCCOC. The van der Waals surface area contributed by atoms with Crippen LogP contribution in [0.15, 0.2) is 0 Å². The largest absolute Gasteiger partial charge is 0.463 e. The van der Waals surface area contributed by atoms with Crippen molar-refractivity contribution in [1.82, 2.24) is 10.6 Å². The number of hydrogen-bond acceptors (Lipinski definition) is 9. The zero-order valence-electron chi connectivity index (χ0n) is 41.2. The number of nitrogens with one attached hydrogen (secondary N) is 2. The molecule has 0 saturated carbocycles. The summed E-state index contributed by atoms with van der Waals surface area (Å²) in [6, 6.07) is -0.0738. The number of ether oxygens (including phenoxy) is 4. The smallest absolute Gasteiger partial charge is 0.311 e. The Kier molecular flexibility index (Phi) is 32.5. The van der Waals surface area contributed by atoms with Gasteiger partial charge in [-0.3, -0.25) is 24.0 Å². The fourth-order valence-electron chi connectivity index (χ4n) is 8.45. The molecule has 3 atom stereocenters. The summed E-state index contributed by atoms with van der Waals surface area (Å²) < 4.78 is 22.3. The van der Waals surface area contributed by atoms with Crippen LogP contribution in [0.3, 0.4) is 0 Å². The minimum atomic E-state index is -1.30. The predicted molar refractivity (Wildman–Crippen MR) is 247 cm³/mol. The second-order valence-electron chi connectivity index (χ2n) is 19.3. The van der Waals surface area contributed by atoms with Crippen molar-refractivity contribution in [2.24, 2.45) is 22.7 Å². The van der Waals surface area contributed by atoms with Crippen LogP contribution in [0.25, 0.3) is 0 Å². The van der Waals surface area contributed by atoms with Gasteiger partial charge < -0.3 is 29.6 Å². The molecule has 0 aromatic rings. The van der Waals surface area contributed by atoms with Crippen molar-refractivity contribution in [3.05, 3.63) is 0 Å². The minimum Gasteiger partial charge on any atom is -0.463 e. The molecule has 0 aliphatic carbocycles. The van der Waals surface area contributed by atoms with Gasteiger partial charge in [0.1, 0.15) is 19.0 Å². The van der Waals surface area contributed by atoms with Crippen molar-refractivity contribution in [2.75, 3.05) is 40.1 Å². The van der Waals surface area contributed by atoms with Crippen LogP contribution < -0.4 is 10.6 Å². The molecule has 0 radical (unpaired) electrons. The first kappa shape index (κ1) is 58.5. The van der Waals surface area contributed by atoms with Crippen molar-refractivity contribution in [2.45, 2.75) is 228 Å². The Labute approximate surface area is 373 Å². The van der Waals surface area contributed by atoms with Crippen LogP contribution in [0.5, 0.6) is 0 Å². The molecule has 0 fully saturated rings. The van der Waals surface area contributed by atoms with Crippen LogP contribution in [-0.2, 0) is 42.9 Å². The molecule has 3 unspecified atom stereocenters. The second-order valence-corrected chi connectivity index (χ2v) is 19.3. The van der Waals surface area contributed by atoms with Crippen molar-refractivity contribution < 1.29 is 42.9 Å². The molecule has 0 saturated heterocycles. The van der Waals surface area contributed by atoms with Crippen LogP contribution in [0.2, 0.25) is 0 Å². The molecule has 11 nitrogen and oxygen atoms in total. The number of ketones is 1. The molecule has 0 spiro atoms. The molecule has 2 N–H and O–H groups in total. The lowest BCUT2D eigenvalue weighted by atomic mass is 9.68. The molecule has 0 rings (SSSR count). The molecule has 0 aliphatic rings. The van der Waals surface area contributed by atoms with Gasteiger partial charge in [0.25, 0.3) is 0 Å². The normalized spacial score (nSPS) is 14.0. The number of carbonyl (C=O) groups is 5. The zero-order chi connectivity index (χ0) is 46.2. The first-order chi connectivity index (χ1) is 28.9. The number of hydrogen-bond donors (Lipinski definition) is 2. The van der Waals surface area contributed by atoms with E-state index in [4.69, 9.17) is 18.9 Å². The third-order valence-electron chi connectivity index (χ3n) is 12.0. The fourth-order valence-corrected chi connectivity index (χ4v) is 8.45. The van der Waals surface area contributed by atoms with Gasteiger partial charge in [0.15, 0.2) is 0 Å². The minimum absolute atomic E-state index is 0.0379. The summed E-state index contributed by atoms with van der Waals surface area (Å²) in [4.78, 5) is 67.3. The molecular formula is C50H94N2O9. The van der Waals surface area contributed by atoms with Gasteiger partial charge in [-0.1, -0.05) is 124 Å². The van der Waals surface area contributed by atoms with E-state index < -0.39 is 40.1 Å². The standard InChI is InChI=1S/C50H94N2O9/c1-12-16-17-18-19-20-21-22-23-24-25-26-27-28-29-30-31-59-33-35-61-47(57)50(10,39-48(6,7)46(56)60-34-32-58-11)38-42(44(54)51-43(14-3)15-4)36-41(13-2)45(55)52-49(8,9)37-40(5)53/h41-43H,12-39H2,1-11H3,(H,51,54)(H,52,55). The summed E-state index contributed by atoms with van der Waals surface area (Å²) in [7, 11) is 1.53. The molecule has 0 heterocycles. The van der Waals surface area contributed by atoms with Gasteiger partial charge in [0.2, 0.25) is 11.8 Å². The van der Waals surface area contributed by atoms with E-state index in [0.717, 1.165) is 25.7 Å². The Morgan fingerprint density at radius 2 is 1.05 bits per heavy atom. The van der Waals surface area contributed by atoms with Gasteiger partial charge in [-0.2, -0.15) is 0 Å². The van der Waals surface area contributed by atoms with Gasteiger partial charge in [0.05, 0.1) is 24.0 Å².